The molecule has 0 fully saturated rings. The zero-order valence-electron chi connectivity index (χ0n) is 18.5. The number of anilines is 1. The SMILES string of the molecule is COc1ccc(-c2nc(SCC(=O)Nc3cccc(Cl)c3)c3c(=O)n(C)c(=O)n(C)c3n2)cc1. The van der Waals surface area contributed by atoms with Gasteiger partial charge in [-0.2, -0.15) is 0 Å². The highest BCUT2D eigenvalue weighted by Crippen LogP contribution is 2.27. The van der Waals surface area contributed by atoms with Gasteiger partial charge in [0.1, 0.15) is 16.2 Å². The van der Waals surface area contributed by atoms with E-state index in [2.05, 4.69) is 15.3 Å². The first kappa shape index (κ1) is 23.5. The summed E-state index contributed by atoms with van der Waals surface area (Å²) in [4.78, 5) is 47.1. The molecule has 0 spiro atoms. The number of nitrogens with zero attached hydrogens (tertiary/aromatic N) is 4. The Balaban J connectivity index is 1.76. The minimum absolute atomic E-state index is 0.0212. The molecule has 2 heterocycles. The van der Waals surface area contributed by atoms with Crippen molar-refractivity contribution in [1.29, 1.82) is 0 Å². The van der Waals surface area contributed by atoms with Crippen LogP contribution in [0.4, 0.5) is 5.69 Å². The molecule has 9 nitrogen and oxygen atoms in total. The van der Waals surface area contributed by atoms with Crippen molar-refractivity contribution >= 4 is 46.0 Å². The smallest absolute Gasteiger partial charge is 0.332 e. The number of hydrogen-bond acceptors (Lipinski definition) is 7. The number of carbonyl (C=O) groups excluding carboxylic acids is 1. The number of methoxy groups -OCH3 is 1. The van der Waals surface area contributed by atoms with Crippen molar-refractivity contribution in [3.8, 4) is 17.1 Å². The van der Waals surface area contributed by atoms with Crippen molar-refractivity contribution in [3.63, 3.8) is 0 Å². The second kappa shape index (κ2) is 9.70. The number of thioether (sulfide) groups is 1. The average Bonchev–Trinajstić information content (AvgIpc) is 2.84. The van der Waals surface area contributed by atoms with Crippen LogP contribution in [0.2, 0.25) is 5.02 Å². The topological polar surface area (TPSA) is 108 Å². The molecule has 0 aliphatic heterocycles. The normalized spacial score (nSPS) is 10.9. The third-order valence-corrected chi connectivity index (χ3v) is 6.27. The molecule has 11 heteroatoms. The molecule has 0 aliphatic carbocycles. The van der Waals surface area contributed by atoms with Gasteiger partial charge in [-0.25, -0.2) is 14.8 Å². The average molecular weight is 498 g/mol. The number of amides is 1. The van der Waals surface area contributed by atoms with E-state index in [9.17, 15) is 14.4 Å². The number of aryl methyl sites for hydroxylation is 1. The molecule has 1 N–H and O–H groups in total. The summed E-state index contributed by atoms with van der Waals surface area (Å²) >= 11 is 7.06. The van der Waals surface area contributed by atoms with Gasteiger partial charge in [-0.1, -0.05) is 29.4 Å². The standard InChI is InChI=1S/C23H20ClN5O4S/c1-28-20-18(22(31)29(2)23(28)32)21(27-19(26-20)13-7-9-16(33-3)10-8-13)34-12-17(30)25-15-6-4-5-14(24)11-15/h4-11H,12H2,1-3H3,(H,25,30). The molecular weight excluding hydrogens is 478 g/mol. The number of aromatic nitrogens is 4. The first-order chi connectivity index (χ1) is 16.3. The van der Waals surface area contributed by atoms with Gasteiger partial charge in [0.15, 0.2) is 11.5 Å². The van der Waals surface area contributed by atoms with E-state index in [0.717, 1.165) is 16.3 Å². The number of ether oxygens (including phenoxy) is 1. The van der Waals surface area contributed by atoms with E-state index < -0.39 is 11.2 Å². The fraction of sp³-hybridized carbons (Fsp3) is 0.174. The number of fused-ring (bicyclic) bond motifs is 1. The Labute approximate surface area is 203 Å². The lowest BCUT2D eigenvalue weighted by molar-refractivity contribution is -0.113. The third-order valence-electron chi connectivity index (χ3n) is 5.06. The summed E-state index contributed by atoms with van der Waals surface area (Å²) in [7, 11) is 4.49. The number of hydrogen-bond donors (Lipinski definition) is 1. The van der Waals surface area contributed by atoms with Crippen molar-refractivity contribution in [2.45, 2.75) is 5.03 Å². The monoisotopic (exact) mass is 497 g/mol. The predicted octanol–water partition coefficient (Wildman–Crippen LogP) is 3.09. The van der Waals surface area contributed by atoms with Gasteiger partial charge in [-0.3, -0.25) is 18.7 Å². The molecule has 2 aromatic heterocycles. The summed E-state index contributed by atoms with van der Waals surface area (Å²) in [5, 5.41) is 3.74. The van der Waals surface area contributed by atoms with Crippen LogP contribution in [0.3, 0.4) is 0 Å². The molecule has 1 amide bonds. The maximum absolute atomic E-state index is 13.0. The largest absolute Gasteiger partial charge is 0.497 e. The van der Waals surface area contributed by atoms with Crippen LogP contribution in [-0.2, 0) is 18.9 Å². The Hall–Kier alpha value is -3.63. The van der Waals surface area contributed by atoms with Gasteiger partial charge in [0.05, 0.1) is 12.9 Å². The predicted molar refractivity (Wildman–Crippen MR) is 133 cm³/mol. The minimum Gasteiger partial charge on any atom is -0.497 e. The fourth-order valence-corrected chi connectivity index (χ4v) is 4.30. The molecular formula is C23H20ClN5O4S. The molecule has 174 valence electrons. The van der Waals surface area contributed by atoms with E-state index in [0.29, 0.717) is 32.9 Å². The summed E-state index contributed by atoms with van der Waals surface area (Å²) in [5.74, 6) is 0.660. The van der Waals surface area contributed by atoms with E-state index in [1.165, 1.54) is 18.7 Å². The number of benzene rings is 2. The molecule has 0 saturated carbocycles. The highest BCUT2D eigenvalue weighted by molar-refractivity contribution is 8.00. The summed E-state index contributed by atoms with van der Waals surface area (Å²) < 4.78 is 7.48. The Morgan fingerprint density at radius 3 is 2.50 bits per heavy atom. The maximum atomic E-state index is 13.0. The lowest BCUT2D eigenvalue weighted by atomic mass is 10.2. The van der Waals surface area contributed by atoms with E-state index >= 15 is 0 Å². The first-order valence-electron chi connectivity index (χ1n) is 10.1. The van der Waals surface area contributed by atoms with Crippen LogP contribution in [-0.4, -0.2) is 37.9 Å². The van der Waals surface area contributed by atoms with Crippen LogP contribution < -0.4 is 21.3 Å². The highest BCUT2D eigenvalue weighted by Gasteiger charge is 2.19. The molecule has 0 unspecified atom stereocenters. The number of rotatable bonds is 6. The lowest BCUT2D eigenvalue weighted by Gasteiger charge is -2.12. The van der Waals surface area contributed by atoms with Crippen LogP contribution in [0.25, 0.3) is 22.4 Å². The molecule has 0 bridgehead atoms. The number of carbonyl (C=O) groups is 1. The van der Waals surface area contributed by atoms with Gasteiger partial charge in [0, 0.05) is 30.4 Å². The molecule has 0 saturated heterocycles. The zero-order chi connectivity index (χ0) is 24.4. The second-order valence-electron chi connectivity index (χ2n) is 7.33. The Bertz CT molecular complexity index is 1520. The number of nitrogens with one attached hydrogen (secondary N) is 1. The lowest BCUT2D eigenvalue weighted by Crippen LogP contribution is -2.37. The van der Waals surface area contributed by atoms with Gasteiger partial charge in [-0.05, 0) is 42.5 Å². The highest BCUT2D eigenvalue weighted by atomic mass is 35.5. The van der Waals surface area contributed by atoms with E-state index in [1.54, 1.807) is 55.6 Å². The van der Waals surface area contributed by atoms with E-state index in [1.807, 2.05) is 0 Å². The Kier molecular flexibility index (Phi) is 6.71. The molecule has 0 atom stereocenters. The molecule has 0 radical (unpaired) electrons. The van der Waals surface area contributed by atoms with Crippen molar-refractivity contribution in [1.82, 2.24) is 19.1 Å². The quantitative estimate of drug-likeness (QED) is 0.322. The molecule has 0 aliphatic rings. The maximum Gasteiger partial charge on any atom is 0.332 e. The summed E-state index contributed by atoms with van der Waals surface area (Å²) in [6.45, 7) is 0. The molecule has 4 rings (SSSR count). The molecule has 34 heavy (non-hydrogen) atoms. The molecule has 4 aromatic rings. The third kappa shape index (κ3) is 4.68. The zero-order valence-corrected chi connectivity index (χ0v) is 20.1. The summed E-state index contributed by atoms with van der Waals surface area (Å²) in [5.41, 5.74) is 0.374. The van der Waals surface area contributed by atoms with Crippen LogP contribution in [0.1, 0.15) is 0 Å². The van der Waals surface area contributed by atoms with Crippen LogP contribution in [0.5, 0.6) is 5.75 Å². The summed E-state index contributed by atoms with van der Waals surface area (Å²) in [6.07, 6.45) is 0. The van der Waals surface area contributed by atoms with E-state index in [4.69, 9.17) is 16.3 Å². The number of halogens is 1. The Morgan fingerprint density at radius 2 is 1.82 bits per heavy atom. The minimum atomic E-state index is -0.530. The van der Waals surface area contributed by atoms with Crippen molar-refractivity contribution in [2.24, 2.45) is 14.1 Å². The van der Waals surface area contributed by atoms with Crippen LogP contribution >= 0.6 is 23.4 Å². The van der Waals surface area contributed by atoms with Crippen LogP contribution in [0, 0.1) is 0 Å². The first-order valence-corrected chi connectivity index (χ1v) is 11.4. The van der Waals surface area contributed by atoms with Crippen LogP contribution in [0.15, 0.2) is 63.1 Å². The second-order valence-corrected chi connectivity index (χ2v) is 8.73. The van der Waals surface area contributed by atoms with Gasteiger partial charge < -0.3 is 10.1 Å². The van der Waals surface area contributed by atoms with Crippen molar-refractivity contribution in [2.75, 3.05) is 18.2 Å². The fourth-order valence-electron chi connectivity index (χ4n) is 3.30. The van der Waals surface area contributed by atoms with Crippen molar-refractivity contribution in [3.05, 3.63) is 74.4 Å². The van der Waals surface area contributed by atoms with Gasteiger partial charge in [-0.15, -0.1) is 0 Å². The van der Waals surface area contributed by atoms with Gasteiger partial charge in [0.25, 0.3) is 5.56 Å². The van der Waals surface area contributed by atoms with Gasteiger partial charge in [0.2, 0.25) is 5.91 Å². The Morgan fingerprint density at radius 1 is 1.09 bits per heavy atom. The molecule has 2 aromatic carbocycles. The van der Waals surface area contributed by atoms with E-state index in [-0.39, 0.29) is 22.7 Å². The van der Waals surface area contributed by atoms with Crippen molar-refractivity contribution < 1.29 is 9.53 Å². The summed E-state index contributed by atoms with van der Waals surface area (Å²) in [6, 6.07) is 13.9. The van der Waals surface area contributed by atoms with Gasteiger partial charge >= 0.3 is 5.69 Å².